The third-order valence-electron chi connectivity index (χ3n) is 4.35. The molecule has 0 atom stereocenters. The van der Waals surface area contributed by atoms with Gasteiger partial charge in [0.2, 0.25) is 0 Å². The summed E-state index contributed by atoms with van der Waals surface area (Å²) in [7, 11) is 0. The molecule has 5 nitrogen and oxygen atoms in total. The fourth-order valence-electron chi connectivity index (χ4n) is 3.06. The highest BCUT2D eigenvalue weighted by Crippen LogP contribution is 2.24. The van der Waals surface area contributed by atoms with Crippen molar-refractivity contribution in [1.82, 2.24) is 19.6 Å². The van der Waals surface area contributed by atoms with Gasteiger partial charge in [0.15, 0.2) is 0 Å². The molecule has 0 amide bonds. The summed E-state index contributed by atoms with van der Waals surface area (Å²) in [4.78, 5) is 13.1. The zero-order chi connectivity index (χ0) is 18.2. The van der Waals surface area contributed by atoms with Crippen LogP contribution in [0.3, 0.4) is 0 Å². The number of hydrogen-bond donors (Lipinski definition) is 0. The van der Waals surface area contributed by atoms with Gasteiger partial charge in [-0.1, -0.05) is 44.2 Å². The zero-order valence-electron chi connectivity index (χ0n) is 15.7. The molecule has 0 fully saturated rings. The Hall–Kier alpha value is -2.43. The molecule has 3 aromatic rings. The van der Waals surface area contributed by atoms with E-state index in [-0.39, 0.29) is 17.0 Å². The van der Waals surface area contributed by atoms with Gasteiger partial charge in [-0.05, 0) is 38.7 Å². The van der Waals surface area contributed by atoms with Crippen molar-refractivity contribution in [3.05, 3.63) is 58.1 Å². The van der Waals surface area contributed by atoms with Crippen LogP contribution >= 0.6 is 0 Å². The lowest BCUT2D eigenvalue weighted by molar-refractivity contribution is 0.366. The van der Waals surface area contributed by atoms with E-state index >= 15 is 0 Å². The lowest BCUT2D eigenvalue weighted by Crippen LogP contribution is -2.31. The Kier molecular flexibility index (Phi) is 4.50. The highest BCUT2D eigenvalue weighted by molar-refractivity contribution is 5.80. The number of hydrogen-bond acceptors (Lipinski definition) is 3. The van der Waals surface area contributed by atoms with Gasteiger partial charge in [0.25, 0.3) is 5.56 Å². The molecule has 0 unspecified atom stereocenters. The minimum atomic E-state index is -0.256. The fourth-order valence-corrected chi connectivity index (χ4v) is 3.06. The van der Waals surface area contributed by atoms with Crippen LogP contribution in [0.4, 0.5) is 0 Å². The van der Waals surface area contributed by atoms with Crippen molar-refractivity contribution in [2.24, 2.45) is 0 Å². The first-order valence-electron chi connectivity index (χ1n) is 8.82. The standard InChI is InChI=1S/C20H26N4O/c1-14(2)17-16-13-21-24(20(3,4)5)18(16)19(25)23(22-17)12-11-15-9-7-6-8-10-15/h6-10,13-14H,11-12H2,1-5H3. The predicted octanol–water partition coefficient (Wildman–Crippen LogP) is 3.71. The number of aryl methyl sites for hydroxylation is 2. The molecule has 0 radical (unpaired) electrons. The molecule has 2 heterocycles. The van der Waals surface area contributed by atoms with Crippen LogP contribution in [0, 0.1) is 0 Å². The van der Waals surface area contributed by atoms with Crippen molar-refractivity contribution in [3.8, 4) is 0 Å². The molecule has 2 aromatic heterocycles. The highest BCUT2D eigenvalue weighted by atomic mass is 16.1. The summed E-state index contributed by atoms with van der Waals surface area (Å²) in [5.41, 5.74) is 2.46. The van der Waals surface area contributed by atoms with Gasteiger partial charge >= 0.3 is 0 Å². The summed E-state index contributed by atoms with van der Waals surface area (Å²) >= 11 is 0. The molecule has 0 spiro atoms. The van der Waals surface area contributed by atoms with Crippen LogP contribution in [0.2, 0.25) is 0 Å². The van der Waals surface area contributed by atoms with E-state index in [0.29, 0.717) is 12.1 Å². The lowest BCUT2D eigenvalue weighted by Gasteiger charge is -2.21. The molecular formula is C20H26N4O. The average molecular weight is 338 g/mol. The third-order valence-corrected chi connectivity index (χ3v) is 4.35. The smallest absolute Gasteiger partial charge is 0.265 e. The topological polar surface area (TPSA) is 52.7 Å². The quantitative estimate of drug-likeness (QED) is 0.728. The maximum Gasteiger partial charge on any atom is 0.292 e. The van der Waals surface area contributed by atoms with Gasteiger partial charge in [0.05, 0.1) is 17.4 Å². The number of nitrogens with zero attached hydrogens (tertiary/aromatic N) is 4. The predicted molar refractivity (Wildman–Crippen MR) is 101 cm³/mol. The molecule has 25 heavy (non-hydrogen) atoms. The van der Waals surface area contributed by atoms with E-state index in [1.165, 1.54) is 5.56 Å². The third kappa shape index (κ3) is 3.36. The molecule has 5 heteroatoms. The van der Waals surface area contributed by atoms with Crippen LogP contribution in [-0.2, 0) is 18.5 Å². The van der Waals surface area contributed by atoms with Crippen LogP contribution in [0.1, 0.15) is 51.8 Å². The van der Waals surface area contributed by atoms with Gasteiger partial charge in [0.1, 0.15) is 5.52 Å². The molecule has 0 aliphatic heterocycles. The van der Waals surface area contributed by atoms with Gasteiger partial charge in [-0.15, -0.1) is 0 Å². The first-order chi connectivity index (χ1) is 11.8. The molecule has 3 rings (SSSR count). The molecule has 0 aliphatic rings. The Morgan fingerprint density at radius 3 is 2.40 bits per heavy atom. The fraction of sp³-hybridized carbons (Fsp3) is 0.450. The van der Waals surface area contributed by atoms with Gasteiger partial charge in [-0.25, -0.2) is 4.68 Å². The van der Waals surface area contributed by atoms with Crippen molar-refractivity contribution in [2.75, 3.05) is 0 Å². The summed E-state index contributed by atoms with van der Waals surface area (Å²) in [5.74, 6) is 0.226. The molecule has 0 N–H and O–H groups in total. The first kappa shape index (κ1) is 17.4. The van der Waals surface area contributed by atoms with Crippen molar-refractivity contribution >= 4 is 10.9 Å². The maximum absolute atomic E-state index is 13.1. The summed E-state index contributed by atoms with van der Waals surface area (Å²) in [6, 6.07) is 10.2. The highest BCUT2D eigenvalue weighted by Gasteiger charge is 2.23. The zero-order valence-corrected chi connectivity index (χ0v) is 15.7. The van der Waals surface area contributed by atoms with Crippen molar-refractivity contribution in [3.63, 3.8) is 0 Å². The van der Waals surface area contributed by atoms with E-state index in [2.05, 4.69) is 56.9 Å². The van der Waals surface area contributed by atoms with E-state index in [9.17, 15) is 4.79 Å². The average Bonchev–Trinajstić information content (AvgIpc) is 3.00. The Morgan fingerprint density at radius 2 is 1.80 bits per heavy atom. The van der Waals surface area contributed by atoms with Crippen LogP contribution < -0.4 is 5.56 Å². The molecule has 0 saturated carbocycles. The summed E-state index contributed by atoms with van der Waals surface area (Å²) in [6.45, 7) is 10.9. The molecular weight excluding hydrogens is 312 g/mol. The van der Waals surface area contributed by atoms with Crippen molar-refractivity contribution in [2.45, 2.75) is 59.0 Å². The lowest BCUT2D eigenvalue weighted by atomic mass is 10.1. The number of rotatable bonds is 4. The summed E-state index contributed by atoms with van der Waals surface area (Å²) < 4.78 is 3.44. The maximum atomic E-state index is 13.1. The summed E-state index contributed by atoms with van der Waals surface area (Å²) in [6.07, 6.45) is 2.56. The Balaban J connectivity index is 2.12. The Labute approximate surface area is 148 Å². The monoisotopic (exact) mass is 338 g/mol. The minimum absolute atomic E-state index is 0.0669. The van der Waals surface area contributed by atoms with Crippen molar-refractivity contribution < 1.29 is 0 Å². The van der Waals surface area contributed by atoms with E-state index in [4.69, 9.17) is 0 Å². The number of fused-ring (bicyclic) bond motifs is 1. The second-order valence-electron chi connectivity index (χ2n) is 7.79. The molecule has 1 aromatic carbocycles. The van der Waals surface area contributed by atoms with Crippen molar-refractivity contribution in [1.29, 1.82) is 0 Å². The second kappa shape index (κ2) is 6.47. The van der Waals surface area contributed by atoms with Gasteiger partial charge in [0, 0.05) is 11.9 Å². The van der Waals surface area contributed by atoms with E-state index in [1.807, 2.05) is 22.9 Å². The van der Waals surface area contributed by atoms with Gasteiger partial charge in [-0.3, -0.25) is 9.48 Å². The molecule has 0 saturated heterocycles. The second-order valence-corrected chi connectivity index (χ2v) is 7.79. The van der Waals surface area contributed by atoms with Crippen LogP contribution in [-0.4, -0.2) is 19.6 Å². The van der Waals surface area contributed by atoms with Crippen LogP contribution in [0.25, 0.3) is 10.9 Å². The first-order valence-corrected chi connectivity index (χ1v) is 8.82. The molecule has 0 bridgehead atoms. The van der Waals surface area contributed by atoms with E-state index in [1.54, 1.807) is 10.9 Å². The SMILES string of the molecule is CC(C)c1nn(CCc2ccccc2)c(=O)c2c1cnn2C(C)(C)C. The largest absolute Gasteiger partial charge is 0.292 e. The number of aromatic nitrogens is 4. The van der Waals surface area contributed by atoms with Crippen LogP contribution in [0.5, 0.6) is 0 Å². The van der Waals surface area contributed by atoms with Crippen LogP contribution in [0.15, 0.2) is 41.3 Å². The van der Waals surface area contributed by atoms with Gasteiger partial charge in [-0.2, -0.15) is 10.2 Å². The number of benzene rings is 1. The van der Waals surface area contributed by atoms with E-state index < -0.39 is 0 Å². The summed E-state index contributed by atoms with van der Waals surface area (Å²) in [5, 5.41) is 10.0. The Morgan fingerprint density at radius 1 is 1.12 bits per heavy atom. The van der Waals surface area contributed by atoms with Gasteiger partial charge < -0.3 is 0 Å². The molecule has 132 valence electrons. The molecule has 0 aliphatic carbocycles. The normalized spacial score (nSPS) is 12.2. The minimum Gasteiger partial charge on any atom is -0.265 e. The van der Waals surface area contributed by atoms with E-state index in [0.717, 1.165) is 17.5 Å². The Bertz CT molecular complexity index is 930.